The summed E-state index contributed by atoms with van der Waals surface area (Å²) in [5.41, 5.74) is 3.20. The van der Waals surface area contributed by atoms with Gasteiger partial charge in [-0.1, -0.05) is 54.1 Å². The third-order valence-electron chi connectivity index (χ3n) is 5.10. The maximum absolute atomic E-state index is 12.6. The predicted molar refractivity (Wildman–Crippen MR) is 110 cm³/mol. The Morgan fingerprint density at radius 1 is 0.897 bits per heavy atom. The van der Waals surface area contributed by atoms with Crippen LogP contribution in [0.1, 0.15) is 27.0 Å². The molecule has 0 atom stereocenters. The first kappa shape index (κ1) is 18.6. The summed E-state index contributed by atoms with van der Waals surface area (Å²) in [7, 11) is 3.04. The minimum absolute atomic E-state index is 0.0338. The van der Waals surface area contributed by atoms with Crippen molar-refractivity contribution < 1.29 is 4.79 Å². The van der Waals surface area contributed by atoms with Crippen LogP contribution in [-0.2, 0) is 20.6 Å². The van der Waals surface area contributed by atoms with E-state index in [0.29, 0.717) is 28.8 Å². The molecule has 0 saturated carbocycles. The number of carbonyl (C=O) groups is 1. The van der Waals surface area contributed by atoms with Gasteiger partial charge in [-0.2, -0.15) is 0 Å². The fraction of sp³-hybridized carbons (Fsp3) is 0.182. The first-order valence-corrected chi connectivity index (χ1v) is 9.18. The summed E-state index contributed by atoms with van der Waals surface area (Å²) >= 11 is 0. The predicted octanol–water partition coefficient (Wildman–Crippen LogP) is 2.02. The normalized spacial score (nSPS) is 11.1. The van der Waals surface area contributed by atoms with Crippen molar-refractivity contribution in [3.63, 3.8) is 0 Å². The Labute approximate surface area is 166 Å². The molecule has 7 nitrogen and oxygen atoms in total. The van der Waals surface area contributed by atoms with Gasteiger partial charge in [-0.05, 0) is 12.5 Å². The lowest BCUT2D eigenvalue weighted by Crippen LogP contribution is -2.37. The van der Waals surface area contributed by atoms with Crippen molar-refractivity contribution >= 4 is 16.9 Å². The van der Waals surface area contributed by atoms with Crippen LogP contribution in [0.25, 0.3) is 11.2 Å². The molecule has 146 valence electrons. The summed E-state index contributed by atoms with van der Waals surface area (Å²) in [6.45, 7) is 2.39. The van der Waals surface area contributed by atoms with Gasteiger partial charge < -0.3 is 4.57 Å². The molecule has 0 aliphatic rings. The van der Waals surface area contributed by atoms with Gasteiger partial charge in [0, 0.05) is 31.8 Å². The van der Waals surface area contributed by atoms with Crippen LogP contribution < -0.4 is 11.2 Å². The highest BCUT2D eigenvalue weighted by Crippen LogP contribution is 2.14. The molecule has 0 aliphatic carbocycles. The number of aromatic nitrogens is 4. The number of hydrogen-bond donors (Lipinski definition) is 0. The zero-order valence-corrected chi connectivity index (χ0v) is 16.4. The second-order valence-corrected chi connectivity index (χ2v) is 7.14. The van der Waals surface area contributed by atoms with Gasteiger partial charge in [0.15, 0.2) is 16.9 Å². The Balaban J connectivity index is 1.65. The Morgan fingerprint density at radius 3 is 2.10 bits per heavy atom. The Bertz CT molecular complexity index is 1340. The van der Waals surface area contributed by atoms with E-state index in [1.807, 2.05) is 43.3 Å². The quantitative estimate of drug-likeness (QED) is 0.501. The van der Waals surface area contributed by atoms with Crippen LogP contribution in [0.4, 0.5) is 0 Å². The number of aryl methyl sites for hydroxylation is 2. The molecule has 0 N–H and O–H groups in total. The summed E-state index contributed by atoms with van der Waals surface area (Å²) < 4.78 is 4.15. The summed E-state index contributed by atoms with van der Waals surface area (Å²) in [5.74, 6) is -0.0338. The smallest absolute Gasteiger partial charge is 0.320 e. The van der Waals surface area contributed by atoms with Crippen molar-refractivity contribution in [1.82, 2.24) is 18.7 Å². The molecule has 0 fully saturated rings. The van der Waals surface area contributed by atoms with Crippen LogP contribution in [-0.4, -0.2) is 24.5 Å². The molecular weight excluding hydrogens is 368 g/mol. The van der Waals surface area contributed by atoms with Crippen LogP contribution in [0.5, 0.6) is 0 Å². The first-order chi connectivity index (χ1) is 13.9. The second-order valence-electron chi connectivity index (χ2n) is 7.14. The molecule has 2 aromatic heterocycles. The van der Waals surface area contributed by atoms with Gasteiger partial charge in [-0.15, -0.1) is 0 Å². The van der Waals surface area contributed by atoms with E-state index in [-0.39, 0.29) is 11.3 Å². The van der Waals surface area contributed by atoms with Crippen LogP contribution >= 0.6 is 0 Å². The molecule has 2 aromatic carbocycles. The number of imidazole rings is 1. The molecule has 29 heavy (non-hydrogen) atoms. The zero-order chi connectivity index (χ0) is 20.7. The van der Waals surface area contributed by atoms with Crippen molar-refractivity contribution in [2.24, 2.45) is 14.1 Å². The number of benzene rings is 2. The Morgan fingerprint density at radius 2 is 1.48 bits per heavy atom. The number of ketones is 1. The lowest BCUT2D eigenvalue weighted by molar-refractivity contribution is 0.103. The topological polar surface area (TPSA) is 78.9 Å². The van der Waals surface area contributed by atoms with E-state index in [1.165, 1.54) is 11.6 Å². The van der Waals surface area contributed by atoms with Crippen LogP contribution in [0.15, 0.2) is 64.4 Å². The lowest BCUT2D eigenvalue weighted by atomic mass is 10.0. The summed E-state index contributed by atoms with van der Waals surface area (Å²) in [5, 5.41) is 0. The summed E-state index contributed by atoms with van der Waals surface area (Å²) in [6.07, 6.45) is 1.55. The fourth-order valence-electron chi connectivity index (χ4n) is 3.35. The lowest BCUT2D eigenvalue weighted by Gasteiger charge is -2.08. The molecule has 0 saturated heterocycles. The van der Waals surface area contributed by atoms with Crippen molar-refractivity contribution in [1.29, 1.82) is 0 Å². The molecule has 0 bridgehead atoms. The maximum Gasteiger partial charge on any atom is 0.332 e. The number of fused-ring (bicyclic) bond motifs is 1. The van der Waals surface area contributed by atoms with Crippen LogP contribution in [0, 0.1) is 6.92 Å². The molecule has 0 unspecified atom stereocenters. The largest absolute Gasteiger partial charge is 0.332 e. The SMILES string of the molecule is Cc1ccc(C(=O)c2ccc(Cn3cnc4c3c(=O)n(C)c(=O)n4C)cc2)cc1. The summed E-state index contributed by atoms with van der Waals surface area (Å²) in [6, 6.07) is 14.8. The van der Waals surface area contributed by atoms with E-state index in [4.69, 9.17) is 0 Å². The highest BCUT2D eigenvalue weighted by atomic mass is 16.2. The molecule has 0 amide bonds. The standard InChI is InChI=1S/C22H20N4O3/c1-14-4-8-16(9-5-14)19(27)17-10-6-15(7-11-17)12-26-13-23-20-18(26)21(28)25(3)22(29)24(20)2/h4-11,13H,12H2,1-3H3. The first-order valence-electron chi connectivity index (χ1n) is 9.18. The fourth-order valence-corrected chi connectivity index (χ4v) is 3.35. The highest BCUT2D eigenvalue weighted by molar-refractivity contribution is 6.09. The average molecular weight is 388 g/mol. The molecule has 0 spiro atoms. The molecule has 7 heteroatoms. The van der Waals surface area contributed by atoms with Gasteiger partial charge in [0.05, 0.1) is 6.33 Å². The van der Waals surface area contributed by atoms with E-state index >= 15 is 0 Å². The van der Waals surface area contributed by atoms with Gasteiger partial charge >= 0.3 is 5.69 Å². The Hall–Kier alpha value is -3.74. The van der Waals surface area contributed by atoms with Crippen molar-refractivity contribution in [3.05, 3.63) is 98.0 Å². The maximum atomic E-state index is 12.6. The van der Waals surface area contributed by atoms with Crippen molar-refractivity contribution in [3.8, 4) is 0 Å². The van der Waals surface area contributed by atoms with E-state index in [2.05, 4.69) is 4.98 Å². The Kier molecular flexibility index (Phi) is 4.50. The average Bonchev–Trinajstić information content (AvgIpc) is 3.15. The van der Waals surface area contributed by atoms with E-state index in [9.17, 15) is 14.4 Å². The number of carbonyl (C=O) groups excluding carboxylic acids is 1. The highest BCUT2D eigenvalue weighted by Gasteiger charge is 2.15. The minimum Gasteiger partial charge on any atom is -0.320 e. The van der Waals surface area contributed by atoms with E-state index < -0.39 is 5.69 Å². The zero-order valence-electron chi connectivity index (χ0n) is 16.4. The minimum atomic E-state index is -0.410. The molecule has 4 rings (SSSR count). The van der Waals surface area contributed by atoms with Gasteiger partial charge in [-0.25, -0.2) is 9.78 Å². The molecule has 2 heterocycles. The second kappa shape index (κ2) is 7.01. The molecule has 0 radical (unpaired) electrons. The van der Waals surface area contributed by atoms with Crippen LogP contribution in [0.3, 0.4) is 0 Å². The molecular formula is C22H20N4O3. The van der Waals surface area contributed by atoms with Gasteiger partial charge in [0.25, 0.3) is 5.56 Å². The van der Waals surface area contributed by atoms with Crippen molar-refractivity contribution in [2.45, 2.75) is 13.5 Å². The summed E-state index contributed by atoms with van der Waals surface area (Å²) in [4.78, 5) is 41.4. The number of nitrogens with zero attached hydrogens (tertiary/aromatic N) is 4. The van der Waals surface area contributed by atoms with Gasteiger partial charge in [0.1, 0.15) is 0 Å². The monoisotopic (exact) mass is 388 g/mol. The van der Waals surface area contributed by atoms with E-state index in [1.54, 1.807) is 30.1 Å². The van der Waals surface area contributed by atoms with Gasteiger partial charge in [-0.3, -0.25) is 18.7 Å². The third-order valence-corrected chi connectivity index (χ3v) is 5.10. The van der Waals surface area contributed by atoms with Crippen LogP contribution in [0.2, 0.25) is 0 Å². The number of rotatable bonds is 4. The van der Waals surface area contributed by atoms with E-state index in [0.717, 1.165) is 15.7 Å². The molecule has 4 aromatic rings. The molecule has 0 aliphatic heterocycles. The van der Waals surface area contributed by atoms with Crippen molar-refractivity contribution in [2.75, 3.05) is 0 Å². The number of hydrogen-bond acceptors (Lipinski definition) is 4. The van der Waals surface area contributed by atoms with Gasteiger partial charge in [0.2, 0.25) is 0 Å². The third kappa shape index (κ3) is 3.20.